The second-order valence-electron chi connectivity index (χ2n) is 7.70. The molecule has 150 valence electrons. The molecule has 1 aliphatic carbocycles. The van der Waals surface area contributed by atoms with Crippen molar-refractivity contribution in [1.82, 2.24) is 35.8 Å². The molecule has 0 unspecified atom stereocenters. The van der Waals surface area contributed by atoms with Gasteiger partial charge in [0, 0.05) is 27.2 Å². The maximum atomic E-state index is 12.3. The van der Waals surface area contributed by atoms with Crippen molar-refractivity contribution in [3.63, 3.8) is 0 Å². The lowest BCUT2D eigenvalue weighted by molar-refractivity contribution is -0.122. The van der Waals surface area contributed by atoms with Crippen LogP contribution in [0.25, 0.3) is 0 Å². The third-order valence-electron chi connectivity index (χ3n) is 5.61. The van der Waals surface area contributed by atoms with Crippen LogP contribution in [0.3, 0.4) is 0 Å². The summed E-state index contributed by atoms with van der Waals surface area (Å²) in [4.78, 5) is 25.7. The summed E-state index contributed by atoms with van der Waals surface area (Å²) in [5.41, 5.74) is 0.744. The third-order valence-corrected chi connectivity index (χ3v) is 5.61. The fourth-order valence-corrected chi connectivity index (χ4v) is 3.93. The molecule has 2 fully saturated rings. The molecule has 27 heavy (non-hydrogen) atoms. The largest absolute Gasteiger partial charge is 0.358 e. The summed E-state index contributed by atoms with van der Waals surface area (Å²) in [5, 5.41) is 17.3. The van der Waals surface area contributed by atoms with Crippen molar-refractivity contribution in [2.24, 2.45) is 5.92 Å². The van der Waals surface area contributed by atoms with Gasteiger partial charge in [0.1, 0.15) is 5.69 Å². The summed E-state index contributed by atoms with van der Waals surface area (Å²) < 4.78 is 1.79. The van der Waals surface area contributed by atoms with E-state index in [1.165, 1.54) is 32.1 Å². The number of rotatable bonds is 6. The van der Waals surface area contributed by atoms with E-state index in [4.69, 9.17) is 0 Å². The molecule has 2 heterocycles. The van der Waals surface area contributed by atoms with Gasteiger partial charge in [-0.25, -0.2) is 9.48 Å². The standard InChI is InChI=1S/C18H31N7O2/c1-19-17(26)16-8-15(10-20-16)25-12-14(22-23-25)11-24(2)18(27)21-9-13-6-4-3-5-7-13/h12-13,15-16,20H,3-11H2,1-2H3,(H,19,26)(H,21,27)/t15-,16-/m0/s1. The molecule has 3 N–H and O–H groups in total. The number of aromatic nitrogens is 3. The first-order valence-electron chi connectivity index (χ1n) is 9.91. The Hall–Kier alpha value is -2.16. The normalized spacial score (nSPS) is 23.2. The lowest BCUT2D eigenvalue weighted by Gasteiger charge is -2.23. The minimum Gasteiger partial charge on any atom is -0.358 e. The van der Waals surface area contributed by atoms with E-state index in [2.05, 4.69) is 26.3 Å². The fourth-order valence-electron chi connectivity index (χ4n) is 3.93. The molecule has 0 spiro atoms. The average Bonchev–Trinajstić information content (AvgIpc) is 3.35. The van der Waals surface area contributed by atoms with Crippen molar-refractivity contribution in [3.05, 3.63) is 11.9 Å². The van der Waals surface area contributed by atoms with Crippen molar-refractivity contribution < 1.29 is 9.59 Å². The molecule has 3 rings (SSSR count). The molecule has 0 bridgehead atoms. The maximum Gasteiger partial charge on any atom is 0.317 e. The molecule has 1 aromatic rings. The summed E-state index contributed by atoms with van der Waals surface area (Å²) in [6.07, 6.45) is 8.84. The van der Waals surface area contributed by atoms with Gasteiger partial charge in [-0.1, -0.05) is 24.5 Å². The Morgan fingerprint density at radius 2 is 2.11 bits per heavy atom. The van der Waals surface area contributed by atoms with E-state index in [0.29, 0.717) is 25.4 Å². The molecule has 1 aliphatic heterocycles. The minimum absolute atomic E-state index is 0.00721. The van der Waals surface area contributed by atoms with Crippen LogP contribution < -0.4 is 16.0 Å². The van der Waals surface area contributed by atoms with Gasteiger partial charge in [-0.2, -0.15) is 0 Å². The highest BCUT2D eigenvalue weighted by Gasteiger charge is 2.30. The first kappa shape index (κ1) is 19.6. The molecule has 1 aromatic heterocycles. The Morgan fingerprint density at radius 3 is 2.85 bits per heavy atom. The van der Waals surface area contributed by atoms with Crippen LogP contribution in [-0.4, -0.2) is 65.1 Å². The maximum absolute atomic E-state index is 12.3. The molecular weight excluding hydrogens is 346 g/mol. The summed E-state index contributed by atoms with van der Waals surface area (Å²) in [5.74, 6) is 0.604. The van der Waals surface area contributed by atoms with Gasteiger partial charge >= 0.3 is 6.03 Å². The second kappa shape index (κ2) is 9.16. The van der Waals surface area contributed by atoms with E-state index in [9.17, 15) is 9.59 Å². The number of likely N-dealkylation sites (N-methyl/N-ethyl adjacent to an activating group) is 1. The zero-order valence-electron chi connectivity index (χ0n) is 16.3. The summed E-state index contributed by atoms with van der Waals surface area (Å²) >= 11 is 0. The predicted molar refractivity (Wildman–Crippen MR) is 101 cm³/mol. The fraction of sp³-hybridized carbons (Fsp3) is 0.778. The van der Waals surface area contributed by atoms with E-state index in [1.807, 2.05) is 6.20 Å². The Balaban J connectivity index is 1.45. The highest BCUT2D eigenvalue weighted by Crippen LogP contribution is 2.23. The van der Waals surface area contributed by atoms with Crippen molar-refractivity contribution in [1.29, 1.82) is 0 Å². The number of carbonyl (C=O) groups excluding carboxylic acids is 2. The Bertz CT molecular complexity index is 641. The first-order valence-corrected chi connectivity index (χ1v) is 9.91. The highest BCUT2D eigenvalue weighted by molar-refractivity contribution is 5.81. The van der Waals surface area contributed by atoms with Crippen molar-refractivity contribution in [2.45, 2.75) is 57.2 Å². The van der Waals surface area contributed by atoms with Gasteiger partial charge < -0.3 is 20.9 Å². The second-order valence-corrected chi connectivity index (χ2v) is 7.70. The van der Waals surface area contributed by atoms with Crippen molar-refractivity contribution >= 4 is 11.9 Å². The number of urea groups is 1. The topological polar surface area (TPSA) is 104 Å². The molecular formula is C18H31N7O2. The molecule has 1 saturated carbocycles. The molecule has 9 heteroatoms. The molecule has 2 atom stereocenters. The molecule has 1 saturated heterocycles. The van der Waals surface area contributed by atoms with Crippen LogP contribution in [0.5, 0.6) is 0 Å². The van der Waals surface area contributed by atoms with Gasteiger partial charge in [-0.3, -0.25) is 4.79 Å². The molecule has 0 radical (unpaired) electrons. The van der Waals surface area contributed by atoms with Gasteiger partial charge in [-0.15, -0.1) is 5.10 Å². The Labute approximate surface area is 160 Å². The number of carbonyl (C=O) groups is 2. The van der Waals surface area contributed by atoms with Crippen LogP contribution in [-0.2, 0) is 11.3 Å². The third kappa shape index (κ3) is 5.18. The zero-order valence-corrected chi connectivity index (χ0v) is 16.3. The van der Waals surface area contributed by atoms with E-state index in [1.54, 1.807) is 23.7 Å². The number of nitrogens with one attached hydrogen (secondary N) is 3. The van der Waals surface area contributed by atoms with Gasteiger partial charge in [0.2, 0.25) is 5.91 Å². The summed E-state index contributed by atoms with van der Waals surface area (Å²) in [6, 6.07) is -0.169. The quantitative estimate of drug-likeness (QED) is 0.675. The Morgan fingerprint density at radius 1 is 1.33 bits per heavy atom. The van der Waals surface area contributed by atoms with Crippen molar-refractivity contribution in [3.8, 4) is 0 Å². The van der Waals surface area contributed by atoms with Gasteiger partial charge in [0.15, 0.2) is 0 Å². The van der Waals surface area contributed by atoms with Gasteiger partial charge in [0.25, 0.3) is 0 Å². The SMILES string of the molecule is CNC(=O)[C@@H]1C[C@H](n2cc(CN(C)C(=O)NCC3CCCCC3)nn2)CN1. The number of amides is 3. The lowest BCUT2D eigenvalue weighted by atomic mass is 9.89. The van der Waals surface area contributed by atoms with Gasteiger partial charge in [0.05, 0.1) is 24.8 Å². The van der Waals surface area contributed by atoms with Crippen molar-refractivity contribution in [2.75, 3.05) is 27.2 Å². The summed E-state index contributed by atoms with van der Waals surface area (Å²) in [7, 11) is 3.41. The molecule has 3 amide bonds. The van der Waals surface area contributed by atoms with Crippen LogP contribution in [0.15, 0.2) is 6.20 Å². The molecule has 0 aromatic carbocycles. The van der Waals surface area contributed by atoms with E-state index >= 15 is 0 Å². The van der Waals surface area contributed by atoms with Crippen LogP contribution >= 0.6 is 0 Å². The van der Waals surface area contributed by atoms with Gasteiger partial charge in [-0.05, 0) is 25.2 Å². The van der Waals surface area contributed by atoms with Crippen LogP contribution in [0.2, 0.25) is 0 Å². The summed E-state index contributed by atoms with van der Waals surface area (Å²) in [6.45, 7) is 1.85. The van der Waals surface area contributed by atoms with E-state index < -0.39 is 0 Å². The monoisotopic (exact) mass is 377 g/mol. The Kier molecular flexibility index (Phi) is 6.65. The highest BCUT2D eigenvalue weighted by atomic mass is 16.2. The number of hydrogen-bond donors (Lipinski definition) is 3. The number of hydrogen-bond acceptors (Lipinski definition) is 5. The van der Waals surface area contributed by atoms with E-state index in [0.717, 1.165) is 12.2 Å². The molecule has 2 aliphatic rings. The average molecular weight is 377 g/mol. The minimum atomic E-state index is -0.194. The van der Waals surface area contributed by atoms with Crippen LogP contribution in [0.4, 0.5) is 4.79 Å². The zero-order chi connectivity index (χ0) is 19.2. The predicted octanol–water partition coefficient (Wildman–Crippen LogP) is 0.649. The lowest BCUT2D eigenvalue weighted by Crippen LogP contribution is -2.39. The van der Waals surface area contributed by atoms with E-state index in [-0.39, 0.29) is 24.0 Å². The number of nitrogens with zero attached hydrogens (tertiary/aromatic N) is 4. The first-order chi connectivity index (χ1) is 13.1. The van der Waals surface area contributed by atoms with Crippen LogP contribution in [0, 0.1) is 5.92 Å². The molecule has 9 nitrogen and oxygen atoms in total. The smallest absolute Gasteiger partial charge is 0.317 e. The van der Waals surface area contributed by atoms with Crippen LogP contribution in [0.1, 0.15) is 50.3 Å².